The van der Waals surface area contributed by atoms with E-state index >= 15 is 0 Å². The predicted octanol–water partition coefficient (Wildman–Crippen LogP) is 3.35. The van der Waals surface area contributed by atoms with Crippen molar-refractivity contribution in [1.29, 1.82) is 0 Å². The number of halogens is 2. The third-order valence-corrected chi connectivity index (χ3v) is 3.88. The molecule has 0 saturated carbocycles. The summed E-state index contributed by atoms with van der Waals surface area (Å²) in [5.41, 5.74) is 6.81. The molecule has 0 radical (unpaired) electrons. The Morgan fingerprint density at radius 3 is 2.45 bits per heavy atom. The number of hydrazine groups is 1. The molecular formula is C15H17BrFN3. The smallest absolute Gasteiger partial charge is 0.124 e. The van der Waals surface area contributed by atoms with Crippen LogP contribution in [0.15, 0.2) is 34.8 Å². The van der Waals surface area contributed by atoms with Crippen molar-refractivity contribution in [3.05, 3.63) is 63.1 Å². The van der Waals surface area contributed by atoms with Crippen molar-refractivity contribution in [3.63, 3.8) is 0 Å². The van der Waals surface area contributed by atoms with Crippen LogP contribution in [0.5, 0.6) is 0 Å². The maximum atomic E-state index is 13.1. The molecule has 1 aromatic carbocycles. The minimum atomic E-state index is -0.256. The van der Waals surface area contributed by atoms with E-state index in [0.717, 1.165) is 27.0 Å². The maximum Gasteiger partial charge on any atom is 0.124 e. The predicted molar refractivity (Wildman–Crippen MR) is 81.6 cm³/mol. The molecule has 106 valence electrons. The highest BCUT2D eigenvalue weighted by atomic mass is 79.9. The van der Waals surface area contributed by atoms with Gasteiger partial charge in [-0.25, -0.2) is 4.39 Å². The molecule has 0 aliphatic carbocycles. The van der Waals surface area contributed by atoms with Crippen LogP contribution in [-0.2, 0) is 6.42 Å². The van der Waals surface area contributed by atoms with Crippen LogP contribution in [0.2, 0.25) is 0 Å². The number of rotatable bonds is 4. The Morgan fingerprint density at radius 2 is 1.90 bits per heavy atom. The number of benzene rings is 1. The van der Waals surface area contributed by atoms with Gasteiger partial charge in [-0.15, -0.1) is 0 Å². The molecule has 0 amide bonds. The Hall–Kier alpha value is -1.30. The molecule has 2 aromatic rings. The number of nitrogens with two attached hydrogens (primary N) is 1. The second-order valence-corrected chi connectivity index (χ2v) is 5.70. The van der Waals surface area contributed by atoms with Crippen molar-refractivity contribution in [1.82, 2.24) is 10.4 Å². The number of hydrogen-bond acceptors (Lipinski definition) is 3. The number of aromatic nitrogens is 1. The lowest BCUT2D eigenvalue weighted by Gasteiger charge is -2.18. The van der Waals surface area contributed by atoms with Crippen molar-refractivity contribution in [2.75, 3.05) is 0 Å². The van der Waals surface area contributed by atoms with E-state index in [4.69, 9.17) is 5.84 Å². The van der Waals surface area contributed by atoms with Gasteiger partial charge >= 0.3 is 0 Å². The fourth-order valence-corrected chi connectivity index (χ4v) is 2.76. The van der Waals surface area contributed by atoms with Gasteiger partial charge in [0.1, 0.15) is 5.82 Å². The second kappa shape index (κ2) is 6.43. The highest BCUT2D eigenvalue weighted by Crippen LogP contribution is 2.25. The van der Waals surface area contributed by atoms with Gasteiger partial charge in [-0.2, -0.15) is 0 Å². The summed E-state index contributed by atoms with van der Waals surface area (Å²) in [7, 11) is 0. The summed E-state index contributed by atoms with van der Waals surface area (Å²) in [6.45, 7) is 3.91. The molecule has 0 aliphatic rings. The van der Waals surface area contributed by atoms with Gasteiger partial charge in [0.15, 0.2) is 0 Å². The molecule has 1 atom stereocenters. The fraction of sp³-hybridized carbons (Fsp3) is 0.267. The topological polar surface area (TPSA) is 50.9 Å². The quantitative estimate of drug-likeness (QED) is 0.664. The number of hydrogen-bond donors (Lipinski definition) is 2. The Morgan fingerprint density at radius 1 is 1.25 bits per heavy atom. The Balaban J connectivity index is 2.28. The van der Waals surface area contributed by atoms with E-state index in [9.17, 15) is 4.39 Å². The van der Waals surface area contributed by atoms with Crippen LogP contribution in [0.4, 0.5) is 4.39 Å². The van der Waals surface area contributed by atoms with Crippen LogP contribution >= 0.6 is 15.9 Å². The Bertz CT molecular complexity index is 596. The van der Waals surface area contributed by atoms with Crippen LogP contribution in [0, 0.1) is 19.7 Å². The third kappa shape index (κ3) is 3.62. The Kier molecular flexibility index (Phi) is 4.86. The van der Waals surface area contributed by atoms with E-state index in [2.05, 4.69) is 26.3 Å². The first-order valence-corrected chi connectivity index (χ1v) is 7.14. The van der Waals surface area contributed by atoms with E-state index in [0.29, 0.717) is 6.42 Å². The lowest BCUT2D eigenvalue weighted by Crippen LogP contribution is -2.30. The zero-order valence-corrected chi connectivity index (χ0v) is 13.0. The molecule has 5 heteroatoms. The van der Waals surface area contributed by atoms with Crippen molar-refractivity contribution in [3.8, 4) is 0 Å². The number of nitrogens with zero attached hydrogens (tertiary/aromatic N) is 1. The van der Waals surface area contributed by atoms with Gasteiger partial charge in [-0.1, -0.05) is 22.0 Å². The fourth-order valence-electron chi connectivity index (χ4n) is 2.25. The molecule has 0 aliphatic heterocycles. The van der Waals surface area contributed by atoms with Gasteiger partial charge in [0.05, 0.1) is 6.04 Å². The third-order valence-electron chi connectivity index (χ3n) is 3.15. The van der Waals surface area contributed by atoms with Gasteiger partial charge in [0.2, 0.25) is 0 Å². The molecule has 1 heterocycles. The number of nitrogens with one attached hydrogen (secondary N) is 1. The molecule has 20 heavy (non-hydrogen) atoms. The lowest BCUT2D eigenvalue weighted by atomic mass is 9.99. The van der Waals surface area contributed by atoms with Crippen molar-refractivity contribution >= 4 is 15.9 Å². The van der Waals surface area contributed by atoms with Crippen LogP contribution in [0.1, 0.15) is 28.6 Å². The van der Waals surface area contributed by atoms with Gasteiger partial charge in [0, 0.05) is 15.9 Å². The first kappa shape index (κ1) is 15.1. The monoisotopic (exact) mass is 337 g/mol. The standard InChI is InChI=1S/C15H17BrFN3/c1-9-5-12(6-10(2)19-9)15(20-18)7-11-3-4-13(17)8-14(11)16/h3-6,8,15,20H,7,18H2,1-2H3. The summed E-state index contributed by atoms with van der Waals surface area (Å²) in [5.74, 6) is 5.42. The van der Waals surface area contributed by atoms with Crippen LogP contribution in [0.25, 0.3) is 0 Å². The van der Waals surface area contributed by atoms with E-state index in [1.807, 2.05) is 26.0 Å². The van der Waals surface area contributed by atoms with Gasteiger partial charge in [-0.05, 0) is 55.7 Å². The van der Waals surface area contributed by atoms with E-state index in [1.54, 1.807) is 6.07 Å². The summed E-state index contributed by atoms with van der Waals surface area (Å²) in [4.78, 5) is 4.36. The van der Waals surface area contributed by atoms with Crippen LogP contribution in [-0.4, -0.2) is 4.98 Å². The van der Waals surface area contributed by atoms with Crippen molar-refractivity contribution in [2.24, 2.45) is 5.84 Å². The van der Waals surface area contributed by atoms with Gasteiger partial charge in [0.25, 0.3) is 0 Å². The molecule has 3 N–H and O–H groups in total. The zero-order valence-electron chi connectivity index (χ0n) is 11.5. The molecular weight excluding hydrogens is 321 g/mol. The SMILES string of the molecule is Cc1cc(C(Cc2ccc(F)cc2Br)NN)cc(C)n1. The van der Waals surface area contributed by atoms with Gasteiger partial charge < -0.3 is 0 Å². The molecule has 0 spiro atoms. The van der Waals surface area contributed by atoms with E-state index in [1.165, 1.54) is 12.1 Å². The minimum Gasteiger partial charge on any atom is -0.271 e. The first-order chi connectivity index (χ1) is 9.49. The van der Waals surface area contributed by atoms with Crippen LogP contribution < -0.4 is 11.3 Å². The summed E-state index contributed by atoms with van der Waals surface area (Å²) >= 11 is 3.39. The normalized spacial score (nSPS) is 12.4. The molecule has 0 fully saturated rings. The molecule has 0 saturated heterocycles. The average Bonchev–Trinajstić information content (AvgIpc) is 2.36. The Labute approximate surface area is 126 Å². The van der Waals surface area contributed by atoms with Crippen LogP contribution in [0.3, 0.4) is 0 Å². The highest BCUT2D eigenvalue weighted by Gasteiger charge is 2.14. The summed E-state index contributed by atoms with van der Waals surface area (Å²) in [6, 6.07) is 8.66. The maximum absolute atomic E-state index is 13.1. The molecule has 1 unspecified atom stereocenters. The zero-order chi connectivity index (χ0) is 14.7. The van der Waals surface area contributed by atoms with E-state index < -0.39 is 0 Å². The average molecular weight is 338 g/mol. The molecule has 1 aromatic heterocycles. The molecule has 3 nitrogen and oxygen atoms in total. The molecule has 2 rings (SSSR count). The summed E-state index contributed by atoms with van der Waals surface area (Å²) in [6.07, 6.45) is 0.667. The van der Waals surface area contributed by atoms with E-state index in [-0.39, 0.29) is 11.9 Å². The number of pyridine rings is 1. The summed E-state index contributed by atoms with van der Waals surface area (Å²) in [5, 5.41) is 0. The van der Waals surface area contributed by atoms with Crippen molar-refractivity contribution < 1.29 is 4.39 Å². The minimum absolute atomic E-state index is 0.0443. The lowest BCUT2D eigenvalue weighted by molar-refractivity contribution is 0.548. The largest absolute Gasteiger partial charge is 0.271 e. The first-order valence-electron chi connectivity index (χ1n) is 6.35. The molecule has 0 bridgehead atoms. The highest BCUT2D eigenvalue weighted by molar-refractivity contribution is 9.10. The number of aryl methyl sites for hydroxylation is 2. The summed E-state index contributed by atoms with van der Waals surface area (Å²) < 4.78 is 13.9. The van der Waals surface area contributed by atoms with Crippen molar-refractivity contribution in [2.45, 2.75) is 26.3 Å². The second-order valence-electron chi connectivity index (χ2n) is 4.84. The van der Waals surface area contributed by atoms with Gasteiger partial charge in [-0.3, -0.25) is 16.3 Å².